The summed E-state index contributed by atoms with van der Waals surface area (Å²) in [5.41, 5.74) is 7.77. The van der Waals surface area contributed by atoms with E-state index in [2.05, 4.69) is 16.9 Å². The molecule has 0 aromatic carbocycles. The first-order valence-electron chi connectivity index (χ1n) is 5.30. The molecule has 0 saturated carbocycles. The third kappa shape index (κ3) is 1.86. The van der Waals surface area contributed by atoms with Crippen LogP contribution >= 0.6 is 0 Å². The van der Waals surface area contributed by atoms with Crippen molar-refractivity contribution in [1.82, 2.24) is 14.5 Å². The zero-order valence-electron chi connectivity index (χ0n) is 9.55. The van der Waals surface area contributed by atoms with E-state index in [1.807, 2.05) is 10.6 Å². The molecule has 86 valence electrons. The molecule has 0 aliphatic carbocycles. The lowest BCUT2D eigenvalue weighted by atomic mass is 10.2. The van der Waals surface area contributed by atoms with Gasteiger partial charge in [-0.25, -0.2) is 4.98 Å². The number of nitrogen functional groups attached to an aromatic ring is 1. The van der Waals surface area contributed by atoms with Crippen LogP contribution in [0.2, 0.25) is 0 Å². The van der Waals surface area contributed by atoms with Gasteiger partial charge in [0.15, 0.2) is 0 Å². The number of pyridine rings is 1. The van der Waals surface area contributed by atoms with Gasteiger partial charge in [0.2, 0.25) is 5.95 Å². The smallest absolute Gasteiger partial charge is 0.201 e. The number of hydrogen-bond acceptors (Lipinski definition) is 4. The number of imidazole rings is 1. The number of nitrogens with zero attached hydrogens (tertiary/aromatic N) is 3. The minimum absolute atomic E-state index is 0.271. The maximum Gasteiger partial charge on any atom is 0.201 e. The lowest BCUT2D eigenvalue weighted by molar-refractivity contribution is 0.182. The molecule has 2 rings (SSSR count). The number of ether oxygens (including phenoxy) is 1. The highest BCUT2D eigenvalue weighted by atomic mass is 16.5. The monoisotopic (exact) mass is 220 g/mol. The Bertz CT molecular complexity index is 480. The zero-order valence-corrected chi connectivity index (χ0v) is 9.55. The Morgan fingerprint density at radius 2 is 2.38 bits per heavy atom. The van der Waals surface area contributed by atoms with Crippen LogP contribution in [0.3, 0.4) is 0 Å². The van der Waals surface area contributed by atoms with Crippen molar-refractivity contribution in [3.63, 3.8) is 0 Å². The lowest BCUT2D eigenvalue weighted by Crippen LogP contribution is -2.10. The van der Waals surface area contributed by atoms with Gasteiger partial charge in [-0.1, -0.05) is 0 Å². The van der Waals surface area contributed by atoms with Gasteiger partial charge < -0.3 is 15.0 Å². The molecule has 0 aliphatic heterocycles. The SMILES string of the molecule is COCCC(C)n1c(N)nc2cnccc21. The summed E-state index contributed by atoms with van der Waals surface area (Å²) in [4.78, 5) is 8.31. The van der Waals surface area contributed by atoms with Gasteiger partial charge >= 0.3 is 0 Å². The fourth-order valence-corrected chi connectivity index (χ4v) is 1.85. The number of nitrogens with two attached hydrogens (primary N) is 1. The van der Waals surface area contributed by atoms with Crippen molar-refractivity contribution in [1.29, 1.82) is 0 Å². The van der Waals surface area contributed by atoms with Gasteiger partial charge in [0, 0.05) is 26.0 Å². The molecular weight excluding hydrogens is 204 g/mol. The quantitative estimate of drug-likeness (QED) is 0.850. The van der Waals surface area contributed by atoms with Crippen molar-refractivity contribution in [3.05, 3.63) is 18.5 Å². The fraction of sp³-hybridized carbons (Fsp3) is 0.455. The Labute approximate surface area is 94.2 Å². The van der Waals surface area contributed by atoms with Crippen LogP contribution in [0, 0.1) is 0 Å². The second kappa shape index (κ2) is 4.49. The van der Waals surface area contributed by atoms with Gasteiger partial charge in [-0.15, -0.1) is 0 Å². The summed E-state index contributed by atoms with van der Waals surface area (Å²) < 4.78 is 7.10. The highest BCUT2D eigenvalue weighted by molar-refractivity contribution is 5.77. The van der Waals surface area contributed by atoms with E-state index in [1.165, 1.54) is 0 Å². The van der Waals surface area contributed by atoms with Crippen molar-refractivity contribution >= 4 is 17.0 Å². The van der Waals surface area contributed by atoms with Crippen LogP contribution in [-0.2, 0) is 4.74 Å². The Morgan fingerprint density at radius 3 is 3.12 bits per heavy atom. The first-order chi connectivity index (χ1) is 7.74. The van der Waals surface area contributed by atoms with Gasteiger partial charge in [0.1, 0.15) is 5.52 Å². The molecule has 16 heavy (non-hydrogen) atoms. The number of anilines is 1. The Balaban J connectivity index is 2.38. The Hall–Kier alpha value is -1.62. The topological polar surface area (TPSA) is 66.0 Å². The fourth-order valence-electron chi connectivity index (χ4n) is 1.85. The standard InChI is InChI=1S/C11H16N4O/c1-8(4-6-16-2)15-10-3-5-13-7-9(10)14-11(15)12/h3,5,7-8H,4,6H2,1-2H3,(H2,12,14). The molecule has 2 aromatic rings. The van der Waals surface area contributed by atoms with E-state index in [0.29, 0.717) is 12.6 Å². The van der Waals surface area contributed by atoms with Crippen LogP contribution in [0.15, 0.2) is 18.5 Å². The van der Waals surface area contributed by atoms with Crippen LogP contribution in [0.4, 0.5) is 5.95 Å². The normalized spacial score (nSPS) is 13.1. The summed E-state index contributed by atoms with van der Waals surface area (Å²) in [5, 5.41) is 0. The highest BCUT2D eigenvalue weighted by Crippen LogP contribution is 2.23. The summed E-state index contributed by atoms with van der Waals surface area (Å²) in [7, 11) is 1.70. The predicted octanol–water partition coefficient (Wildman–Crippen LogP) is 1.61. The van der Waals surface area contributed by atoms with Crippen molar-refractivity contribution in [2.75, 3.05) is 19.5 Å². The largest absolute Gasteiger partial charge is 0.385 e. The number of methoxy groups -OCH3 is 1. The maximum absolute atomic E-state index is 5.91. The van der Waals surface area contributed by atoms with Crippen molar-refractivity contribution in [2.24, 2.45) is 0 Å². The van der Waals surface area contributed by atoms with Gasteiger partial charge in [-0.2, -0.15) is 0 Å². The average molecular weight is 220 g/mol. The van der Waals surface area contributed by atoms with Crippen LogP contribution in [0.25, 0.3) is 11.0 Å². The molecule has 5 nitrogen and oxygen atoms in total. The van der Waals surface area contributed by atoms with Crippen molar-refractivity contribution < 1.29 is 4.74 Å². The minimum atomic E-state index is 0.271. The third-order valence-corrected chi connectivity index (χ3v) is 2.70. The van der Waals surface area contributed by atoms with Crippen LogP contribution in [0.1, 0.15) is 19.4 Å². The molecule has 1 atom stereocenters. The van der Waals surface area contributed by atoms with E-state index >= 15 is 0 Å². The van der Waals surface area contributed by atoms with Crippen LogP contribution in [0.5, 0.6) is 0 Å². The molecule has 0 bridgehead atoms. The molecule has 2 N–H and O–H groups in total. The van der Waals surface area contributed by atoms with Gasteiger partial charge in [0.25, 0.3) is 0 Å². The summed E-state index contributed by atoms with van der Waals surface area (Å²) >= 11 is 0. The highest BCUT2D eigenvalue weighted by Gasteiger charge is 2.13. The first kappa shape index (κ1) is 10.9. The minimum Gasteiger partial charge on any atom is -0.385 e. The van der Waals surface area contributed by atoms with Crippen LogP contribution in [-0.4, -0.2) is 28.3 Å². The molecule has 1 unspecified atom stereocenters. The summed E-state index contributed by atoms with van der Waals surface area (Å²) in [6, 6.07) is 2.20. The second-order valence-electron chi connectivity index (χ2n) is 3.83. The molecule has 2 aromatic heterocycles. The van der Waals surface area contributed by atoms with Gasteiger partial charge in [-0.05, 0) is 19.4 Å². The molecule has 0 spiro atoms. The molecule has 0 aliphatic rings. The molecule has 0 fully saturated rings. The molecule has 0 amide bonds. The summed E-state index contributed by atoms with van der Waals surface area (Å²) in [5.74, 6) is 0.534. The molecule has 0 radical (unpaired) electrons. The van der Waals surface area contributed by atoms with Crippen molar-refractivity contribution in [2.45, 2.75) is 19.4 Å². The lowest BCUT2D eigenvalue weighted by Gasteiger charge is -2.15. The Kier molecular flexibility index (Phi) is 3.05. The van der Waals surface area contributed by atoms with E-state index in [4.69, 9.17) is 10.5 Å². The zero-order chi connectivity index (χ0) is 11.5. The number of fused-ring (bicyclic) bond motifs is 1. The molecule has 0 saturated heterocycles. The number of hydrogen-bond donors (Lipinski definition) is 1. The summed E-state index contributed by atoms with van der Waals surface area (Å²) in [6.07, 6.45) is 4.39. The first-order valence-corrected chi connectivity index (χ1v) is 5.30. The number of rotatable bonds is 4. The van der Waals surface area contributed by atoms with Crippen LogP contribution < -0.4 is 5.73 Å². The molecule has 2 heterocycles. The average Bonchev–Trinajstić information content (AvgIpc) is 2.62. The van der Waals surface area contributed by atoms with E-state index in [9.17, 15) is 0 Å². The van der Waals surface area contributed by atoms with Gasteiger partial charge in [0.05, 0.1) is 11.7 Å². The van der Waals surface area contributed by atoms with Crippen molar-refractivity contribution in [3.8, 4) is 0 Å². The van der Waals surface area contributed by atoms with E-state index in [1.54, 1.807) is 19.5 Å². The van der Waals surface area contributed by atoms with E-state index in [0.717, 1.165) is 17.5 Å². The van der Waals surface area contributed by atoms with Gasteiger partial charge in [-0.3, -0.25) is 4.98 Å². The molecular formula is C11H16N4O. The predicted molar refractivity (Wildman–Crippen MR) is 63.1 cm³/mol. The Morgan fingerprint density at radius 1 is 1.56 bits per heavy atom. The molecule has 5 heteroatoms. The van der Waals surface area contributed by atoms with E-state index < -0.39 is 0 Å². The second-order valence-corrected chi connectivity index (χ2v) is 3.83. The number of aromatic nitrogens is 3. The maximum atomic E-state index is 5.91. The third-order valence-electron chi connectivity index (χ3n) is 2.70. The van der Waals surface area contributed by atoms with E-state index in [-0.39, 0.29) is 6.04 Å². The summed E-state index contributed by atoms with van der Waals surface area (Å²) in [6.45, 7) is 2.82.